The number of aliphatic imine (C=N–C) groups is 1. The van der Waals surface area contributed by atoms with E-state index in [-0.39, 0.29) is 0 Å². The number of benzene rings is 2. The Morgan fingerprint density at radius 2 is 1.56 bits per heavy atom. The van der Waals surface area contributed by atoms with Crippen LogP contribution in [0.2, 0.25) is 5.02 Å². The number of rotatable bonds is 3. The van der Waals surface area contributed by atoms with E-state index in [9.17, 15) is 0 Å². The lowest BCUT2D eigenvalue weighted by Gasteiger charge is -1.95. The largest absolute Gasteiger partial charge is 0.256 e. The van der Waals surface area contributed by atoms with E-state index >= 15 is 0 Å². The van der Waals surface area contributed by atoms with Gasteiger partial charge in [0.1, 0.15) is 0 Å². The first-order chi connectivity index (χ1) is 8.78. The van der Waals surface area contributed by atoms with Crippen molar-refractivity contribution in [2.24, 2.45) is 10.1 Å². The Morgan fingerprint density at radius 3 is 2.17 bits per heavy atom. The zero-order chi connectivity index (χ0) is 12.8. The fourth-order valence-corrected chi connectivity index (χ4v) is 1.48. The summed E-state index contributed by atoms with van der Waals surface area (Å²) in [6.45, 7) is 0. The minimum absolute atomic E-state index is 0.584. The average molecular weight is 257 g/mol. The van der Waals surface area contributed by atoms with E-state index in [0.717, 1.165) is 11.3 Å². The molecular formula is C13H9ClN4. The summed E-state index contributed by atoms with van der Waals surface area (Å²) >= 11 is 5.78. The molecule has 0 unspecified atom stereocenters. The van der Waals surface area contributed by atoms with Crippen LogP contribution >= 0.6 is 11.6 Å². The first kappa shape index (κ1) is 12.2. The number of halogens is 1. The Bertz CT molecular complexity index is 596. The molecule has 4 nitrogen and oxygen atoms in total. The first-order valence-corrected chi connectivity index (χ1v) is 5.60. The fraction of sp³-hybridized carbons (Fsp3) is 0. The van der Waals surface area contributed by atoms with E-state index in [2.05, 4.69) is 15.0 Å². The first-order valence-electron chi connectivity index (χ1n) is 5.23. The maximum absolute atomic E-state index is 8.28. The van der Waals surface area contributed by atoms with Crippen LogP contribution in [0.3, 0.4) is 0 Å². The molecule has 0 heterocycles. The molecule has 5 heteroatoms. The number of nitrogens with zero attached hydrogens (tertiary/aromatic N) is 4. The van der Waals surface area contributed by atoms with E-state index in [0.29, 0.717) is 10.7 Å². The Morgan fingerprint density at radius 1 is 0.944 bits per heavy atom. The van der Waals surface area contributed by atoms with Crippen molar-refractivity contribution in [2.75, 3.05) is 0 Å². The minimum atomic E-state index is 0.584. The van der Waals surface area contributed by atoms with Gasteiger partial charge in [-0.05, 0) is 35.4 Å². The fourth-order valence-electron chi connectivity index (χ4n) is 1.35. The Balaban J connectivity index is 2.13. The molecule has 0 aliphatic heterocycles. The highest BCUT2D eigenvalue weighted by Crippen LogP contribution is 2.17. The summed E-state index contributed by atoms with van der Waals surface area (Å²) in [6.07, 6.45) is 1.74. The van der Waals surface area contributed by atoms with Crippen LogP contribution in [-0.4, -0.2) is 6.21 Å². The van der Waals surface area contributed by atoms with Gasteiger partial charge >= 0.3 is 0 Å². The molecule has 2 aromatic rings. The molecule has 0 saturated heterocycles. The predicted octanol–water partition coefficient (Wildman–Crippen LogP) is 5.03. The molecular weight excluding hydrogens is 248 g/mol. The van der Waals surface area contributed by atoms with Gasteiger partial charge in [-0.25, -0.2) is 0 Å². The van der Waals surface area contributed by atoms with Crippen molar-refractivity contribution in [2.45, 2.75) is 0 Å². The Kier molecular flexibility index (Phi) is 3.97. The van der Waals surface area contributed by atoms with Crippen molar-refractivity contribution in [1.29, 1.82) is 0 Å². The summed E-state index contributed by atoms with van der Waals surface area (Å²) in [6, 6.07) is 14.4. The van der Waals surface area contributed by atoms with Crippen molar-refractivity contribution >= 4 is 29.2 Å². The van der Waals surface area contributed by atoms with Crippen LogP contribution in [0.5, 0.6) is 0 Å². The second-order valence-electron chi connectivity index (χ2n) is 3.52. The highest BCUT2D eigenvalue weighted by atomic mass is 35.5. The van der Waals surface area contributed by atoms with Crippen LogP contribution in [0.1, 0.15) is 5.56 Å². The van der Waals surface area contributed by atoms with E-state index in [1.54, 1.807) is 30.5 Å². The molecule has 0 N–H and O–H groups in total. The summed E-state index contributed by atoms with van der Waals surface area (Å²) in [7, 11) is 0. The highest BCUT2D eigenvalue weighted by molar-refractivity contribution is 6.30. The van der Waals surface area contributed by atoms with Gasteiger partial charge in [-0.3, -0.25) is 4.99 Å². The minimum Gasteiger partial charge on any atom is -0.256 e. The number of hydrogen-bond donors (Lipinski definition) is 0. The van der Waals surface area contributed by atoms with Crippen molar-refractivity contribution in [3.8, 4) is 0 Å². The molecule has 88 valence electrons. The van der Waals surface area contributed by atoms with E-state index in [1.165, 1.54) is 0 Å². The zero-order valence-electron chi connectivity index (χ0n) is 9.36. The molecule has 0 radical (unpaired) electrons. The van der Waals surface area contributed by atoms with Gasteiger partial charge in [-0.15, -0.1) is 0 Å². The molecule has 2 aromatic carbocycles. The van der Waals surface area contributed by atoms with Gasteiger partial charge in [0.05, 0.1) is 5.69 Å². The van der Waals surface area contributed by atoms with Gasteiger partial charge in [0.25, 0.3) is 0 Å². The topological polar surface area (TPSA) is 61.1 Å². The summed E-state index contributed by atoms with van der Waals surface area (Å²) < 4.78 is 0. The molecule has 18 heavy (non-hydrogen) atoms. The van der Waals surface area contributed by atoms with E-state index < -0.39 is 0 Å². The molecule has 0 atom stereocenters. The van der Waals surface area contributed by atoms with Gasteiger partial charge in [-0.1, -0.05) is 41.0 Å². The molecule has 0 spiro atoms. The second kappa shape index (κ2) is 5.87. The summed E-state index contributed by atoms with van der Waals surface area (Å²) in [5, 5.41) is 4.18. The quantitative estimate of drug-likeness (QED) is 0.320. The van der Waals surface area contributed by atoms with Crippen molar-refractivity contribution in [1.82, 2.24) is 0 Å². The number of azide groups is 1. The molecule has 0 aliphatic carbocycles. The third-order valence-corrected chi connectivity index (χ3v) is 2.49. The maximum Gasteiger partial charge on any atom is 0.0630 e. The lowest BCUT2D eigenvalue weighted by atomic mass is 10.2. The standard InChI is InChI=1S/C13H9ClN4/c14-11-3-7-12(8-4-11)16-9-10-1-5-13(6-2-10)17-18-15/h1-9H. The van der Waals surface area contributed by atoms with Crippen LogP contribution in [0.25, 0.3) is 10.4 Å². The SMILES string of the molecule is [N-]=[N+]=Nc1ccc(C=Nc2ccc(Cl)cc2)cc1. The zero-order valence-corrected chi connectivity index (χ0v) is 10.1. The van der Waals surface area contributed by atoms with Gasteiger partial charge in [0.15, 0.2) is 0 Å². The molecule has 0 amide bonds. The Labute approximate surface area is 109 Å². The van der Waals surface area contributed by atoms with Crippen LogP contribution in [0.4, 0.5) is 11.4 Å². The Hall–Kier alpha value is -2.29. The second-order valence-corrected chi connectivity index (χ2v) is 3.95. The lowest BCUT2D eigenvalue weighted by molar-refractivity contribution is 1.47. The van der Waals surface area contributed by atoms with E-state index in [4.69, 9.17) is 17.1 Å². The summed E-state index contributed by atoms with van der Waals surface area (Å²) in [5.41, 5.74) is 10.6. The average Bonchev–Trinajstić information content (AvgIpc) is 2.40. The molecule has 0 fully saturated rings. The van der Waals surface area contributed by atoms with Gasteiger partial charge < -0.3 is 0 Å². The van der Waals surface area contributed by atoms with Crippen LogP contribution in [-0.2, 0) is 0 Å². The van der Waals surface area contributed by atoms with Crippen LogP contribution < -0.4 is 0 Å². The predicted molar refractivity (Wildman–Crippen MR) is 74.0 cm³/mol. The normalized spacial score (nSPS) is 10.3. The third-order valence-electron chi connectivity index (χ3n) is 2.24. The molecule has 0 aliphatic rings. The molecule has 0 saturated carbocycles. The van der Waals surface area contributed by atoms with Crippen molar-refractivity contribution < 1.29 is 0 Å². The maximum atomic E-state index is 8.28. The van der Waals surface area contributed by atoms with Crippen molar-refractivity contribution in [3.63, 3.8) is 0 Å². The van der Waals surface area contributed by atoms with Gasteiger partial charge in [0, 0.05) is 21.8 Å². The number of hydrogen-bond acceptors (Lipinski definition) is 2. The van der Waals surface area contributed by atoms with Gasteiger partial charge in [-0.2, -0.15) is 0 Å². The molecule has 2 rings (SSSR count). The van der Waals surface area contributed by atoms with E-state index in [1.807, 2.05) is 24.3 Å². The van der Waals surface area contributed by atoms with Crippen LogP contribution in [0, 0.1) is 0 Å². The smallest absolute Gasteiger partial charge is 0.0630 e. The molecule has 0 aromatic heterocycles. The highest BCUT2D eigenvalue weighted by Gasteiger charge is 1.91. The molecule has 0 bridgehead atoms. The van der Waals surface area contributed by atoms with Crippen LogP contribution in [0.15, 0.2) is 58.6 Å². The van der Waals surface area contributed by atoms with Gasteiger partial charge in [0.2, 0.25) is 0 Å². The van der Waals surface area contributed by atoms with Crippen molar-refractivity contribution in [3.05, 3.63) is 69.6 Å². The summed E-state index contributed by atoms with van der Waals surface area (Å²) in [4.78, 5) is 7.02. The third kappa shape index (κ3) is 3.35. The lowest BCUT2D eigenvalue weighted by Crippen LogP contribution is -1.78. The summed E-state index contributed by atoms with van der Waals surface area (Å²) in [5.74, 6) is 0. The monoisotopic (exact) mass is 256 g/mol.